The monoisotopic (exact) mass is 486 g/mol. The lowest BCUT2D eigenvalue weighted by Gasteiger charge is -2.18. The minimum atomic E-state index is -0.545. The van der Waals surface area contributed by atoms with Crippen molar-refractivity contribution in [2.45, 2.75) is 24.4 Å². The molecule has 36 heavy (non-hydrogen) atoms. The van der Waals surface area contributed by atoms with Crippen molar-refractivity contribution >= 4 is 28.2 Å². The zero-order valence-corrected chi connectivity index (χ0v) is 19.9. The Balaban J connectivity index is 1.15. The minimum Gasteiger partial charge on any atom is -0.441 e. The lowest BCUT2D eigenvalue weighted by molar-refractivity contribution is 0.00775. The van der Waals surface area contributed by atoms with Crippen LogP contribution in [0.2, 0.25) is 0 Å². The maximum Gasteiger partial charge on any atom is 0.412 e. The summed E-state index contributed by atoms with van der Waals surface area (Å²) < 4.78 is 19.5. The van der Waals surface area contributed by atoms with Crippen LogP contribution in [-0.4, -0.2) is 71.9 Å². The number of tetrazole rings is 1. The third kappa shape index (κ3) is 4.04. The second-order valence-electron chi connectivity index (χ2n) is 9.15. The van der Waals surface area contributed by atoms with Crippen LogP contribution in [-0.2, 0) is 14.2 Å². The van der Waals surface area contributed by atoms with E-state index in [4.69, 9.17) is 14.2 Å². The minimum absolute atomic E-state index is 0.233. The molecule has 10 heteroatoms. The zero-order chi connectivity index (χ0) is 24.6. The fourth-order valence-corrected chi connectivity index (χ4v) is 4.88. The van der Waals surface area contributed by atoms with Gasteiger partial charge in [0, 0.05) is 30.7 Å². The van der Waals surface area contributed by atoms with Crippen molar-refractivity contribution in [3.05, 3.63) is 66.7 Å². The summed E-state index contributed by atoms with van der Waals surface area (Å²) in [5.74, 6) is 0.635. The molecule has 0 aliphatic carbocycles. The van der Waals surface area contributed by atoms with Gasteiger partial charge in [-0.15, -0.1) is 5.10 Å². The predicted octanol–water partition coefficient (Wildman–Crippen LogP) is 3.52. The van der Waals surface area contributed by atoms with Gasteiger partial charge < -0.3 is 19.1 Å². The number of carbonyl (C=O) groups excluding carboxylic acids is 1. The summed E-state index contributed by atoms with van der Waals surface area (Å²) >= 11 is 0. The highest BCUT2D eigenvalue weighted by molar-refractivity contribution is 6.00. The predicted molar refractivity (Wildman–Crippen MR) is 134 cm³/mol. The number of hydrogen-bond donors (Lipinski definition) is 1. The van der Waals surface area contributed by atoms with Crippen molar-refractivity contribution in [3.63, 3.8) is 0 Å². The Morgan fingerprint density at radius 1 is 1.00 bits per heavy atom. The van der Waals surface area contributed by atoms with Gasteiger partial charge >= 0.3 is 6.09 Å². The lowest BCUT2D eigenvalue weighted by Crippen LogP contribution is -2.35. The van der Waals surface area contributed by atoms with Crippen LogP contribution in [0.5, 0.6) is 0 Å². The first kappa shape index (κ1) is 22.4. The number of ether oxygens (including phenoxy) is 3. The van der Waals surface area contributed by atoms with Crippen LogP contribution in [0, 0.1) is 0 Å². The Hall–Kier alpha value is -4.02. The van der Waals surface area contributed by atoms with Gasteiger partial charge in [0.15, 0.2) is 11.9 Å². The molecule has 4 unspecified atom stereocenters. The third-order valence-corrected chi connectivity index (χ3v) is 6.72. The number of rotatable bonds is 5. The van der Waals surface area contributed by atoms with Crippen molar-refractivity contribution < 1.29 is 19.0 Å². The van der Waals surface area contributed by atoms with Crippen LogP contribution < -0.4 is 10.2 Å². The highest BCUT2D eigenvalue weighted by Crippen LogP contribution is 2.37. The van der Waals surface area contributed by atoms with E-state index < -0.39 is 18.3 Å². The van der Waals surface area contributed by atoms with E-state index in [1.54, 1.807) is 4.68 Å². The number of hydrogen-bond acceptors (Lipinski definition) is 8. The second-order valence-corrected chi connectivity index (χ2v) is 9.15. The number of benzene rings is 3. The van der Waals surface area contributed by atoms with E-state index in [1.807, 2.05) is 85.7 Å². The molecule has 1 aromatic heterocycles. The van der Waals surface area contributed by atoms with Gasteiger partial charge in [-0.3, -0.25) is 5.32 Å². The molecule has 0 bridgehead atoms. The molecule has 3 heterocycles. The first-order chi connectivity index (χ1) is 17.6. The SMILES string of the molecule is CN(C)c1ccc(-c2nnnn2C2COC3C(OC(=O)Nc4cccc5ccccc45)COC32)cc1. The van der Waals surface area contributed by atoms with Gasteiger partial charge in [0.25, 0.3) is 0 Å². The van der Waals surface area contributed by atoms with E-state index >= 15 is 0 Å². The Morgan fingerprint density at radius 2 is 1.78 bits per heavy atom. The van der Waals surface area contributed by atoms with Crippen LogP contribution in [0.4, 0.5) is 16.2 Å². The third-order valence-electron chi connectivity index (χ3n) is 6.72. The molecule has 2 fully saturated rings. The Morgan fingerprint density at radius 3 is 2.61 bits per heavy atom. The van der Waals surface area contributed by atoms with Crippen molar-refractivity contribution in [1.29, 1.82) is 0 Å². The molecule has 6 rings (SSSR count). The number of amides is 1. The normalized spacial score (nSPS) is 22.9. The topological polar surface area (TPSA) is 104 Å². The van der Waals surface area contributed by atoms with Crippen LogP contribution >= 0.6 is 0 Å². The average molecular weight is 487 g/mol. The quantitative estimate of drug-likeness (QED) is 0.457. The second kappa shape index (κ2) is 9.21. The smallest absolute Gasteiger partial charge is 0.412 e. The van der Waals surface area contributed by atoms with Crippen LogP contribution in [0.15, 0.2) is 66.7 Å². The fourth-order valence-electron chi connectivity index (χ4n) is 4.88. The van der Waals surface area contributed by atoms with Crippen molar-refractivity contribution in [2.75, 3.05) is 37.5 Å². The van der Waals surface area contributed by atoms with Gasteiger partial charge in [0.2, 0.25) is 0 Å². The van der Waals surface area contributed by atoms with Gasteiger partial charge in [0.1, 0.15) is 18.2 Å². The van der Waals surface area contributed by atoms with Crippen molar-refractivity contribution in [2.24, 2.45) is 0 Å². The molecule has 1 N–H and O–H groups in total. The summed E-state index contributed by atoms with van der Waals surface area (Å²) in [7, 11) is 3.99. The molecule has 2 aliphatic rings. The maximum atomic E-state index is 12.7. The summed E-state index contributed by atoms with van der Waals surface area (Å²) in [6, 6.07) is 21.4. The van der Waals surface area contributed by atoms with Gasteiger partial charge in [0.05, 0.1) is 18.9 Å². The molecular formula is C26H26N6O4. The van der Waals surface area contributed by atoms with E-state index in [9.17, 15) is 4.79 Å². The largest absolute Gasteiger partial charge is 0.441 e. The molecule has 0 radical (unpaired) electrons. The van der Waals surface area contributed by atoms with Crippen molar-refractivity contribution in [3.8, 4) is 11.4 Å². The van der Waals surface area contributed by atoms with E-state index in [0.717, 1.165) is 22.0 Å². The van der Waals surface area contributed by atoms with Crippen LogP contribution in [0.3, 0.4) is 0 Å². The van der Waals surface area contributed by atoms with Gasteiger partial charge in [-0.2, -0.15) is 0 Å². The zero-order valence-electron chi connectivity index (χ0n) is 19.9. The maximum absolute atomic E-state index is 12.7. The first-order valence-corrected chi connectivity index (χ1v) is 11.8. The van der Waals surface area contributed by atoms with Gasteiger partial charge in [-0.05, 0) is 46.1 Å². The molecule has 2 saturated heterocycles. The molecule has 1 amide bonds. The highest BCUT2D eigenvalue weighted by Gasteiger charge is 2.51. The Kier molecular flexibility index (Phi) is 5.74. The number of nitrogens with one attached hydrogen (secondary N) is 1. The Bertz CT molecular complexity index is 1380. The van der Waals surface area contributed by atoms with E-state index in [-0.39, 0.29) is 18.8 Å². The number of anilines is 2. The Labute approximate surface area is 207 Å². The molecule has 3 aromatic carbocycles. The average Bonchev–Trinajstić information content (AvgIpc) is 3.62. The molecule has 10 nitrogen and oxygen atoms in total. The summed E-state index contributed by atoms with van der Waals surface area (Å²) in [6.45, 7) is 0.595. The number of carbonyl (C=O) groups is 1. The summed E-state index contributed by atoms with van der Waals surface area (Å²) in [4.78, 5) is 14.8. The number of nitrogens with zero attached hydrogens (tertiary/aromatic N) is 5. The molecule has 0 saturated carbocycles. The number of aromatic nitrogens is 4. The van der Waals surface area contributed by atoms with Crippen LogP contribution in [0.25, 0.3) is 22.2 Å². The molecular weight excluding hydrogens is 460 g/mol. The number of fused-ring (bicyclic) bond motifs is 2. The van der Waals surface area contributed by atoms with Gasteiger partial charge in [-0.1, -0.05) is 36.4 Å². The molecule has 184 valence electrons. The molecule has 4 aromatic rings. The van der Waals surface area contributed by atoms with Crippen LogP contribution in [0.1, 0.15) is 6.04 Å². The van der Waals surface area contributed by atoms with E-state index in [0.29, 0.717) is 18.1 Å². The first-order valence-electron chi connectivity index (χ1n) is 11.8. The summed E-state index contributed by atoms with van der Waals surface area (Å²) in [5.41, 5.74) is 2.68. The van der Waals surface area contributed by atoms with E-state index in [1.165, 1.54) is 0 Å². The molecule has 0 spiro atoms. The van der Waals surface area contributed by atoms with Crippen molar-refractivity contribution in [1.82, 2.24) is 20.2 Å². The van der Waals surface area contributed by atoms with Gasteiger partial charge in [-0.25, -0.2) is 9.48 Å². The van der Waals surface area contributed by atoms with E-state index in [2.05, 4.69) is 20.8 Å². The lowest BCUT2D eigenvalue weighted by atomic mass is 10.1. The molecule has 4 atom stereocenters. The standard InChI is InChI=1S/C26H26N6O4/c1-31(2)18-12-10-17(11-13-18)25-28-29-30-32(25)21-14-34-24-22(15-35-23(21)24)36-26(33)27-20-9-5-7-16-6-3-4-8-19(16)20/h3-13,21-24H,14-15H2,1-2H3,(H,27,33). The molecule has 2 aliphatic heterocycles. The summed E-state index contributed by atoms with van der Waals surface area (Å²) in [5, 5.41) is 17.2. The summed E-state index contributed by atoms with van der Waals surface area (Å²) in [6.07, 6.45) is -1.81. The highest BCUT2D eigenvalue weighted by atomic mass is 16.6. The fraction of sp³-hybridized carbons (Fsp3) is 0.308.